The fourth-order valence-electron chi connectivity index (χ4n) is 2.90. The van der Waals surface area contributed by atoms with E-state index in [-0.39, 0.29) is 6.04 Å². The molecule has 0 spiro atoms. The van der Waals surface area contributed by atoms with Crippen LogP contribution in [0.25, 0.3) is 0 Å². The average molecular weight is 281 g/mol. The third kappa shape index (κ3) is 3.54. The third-order valence-electron chi connectivity index (χ3n) is 4.48. The summed E-state index contributed by atoms with van der Waals surface area (Å²) in [5, 5.41) is 3.46. The van der Waals surface area contributed by atoms with Crippen molar-refractivity contribution in [2.45, 2.75) is 46.1 Å². The summed E-state index contributed by atoms with van der Waals surface area (Å²) in [6, 6.07) is 16.0. The standard InChI is InChI=1S/C20H27N/c1-6-15(3)17-8-10-18(11-9-17)20(21-5)19-12-7-14(2)13-16(19)4/h7-13,15,20-21H,6H2,1-5H3. The van der Waals surface area contributed by atoms with Crippen LogP contribution >= 0.6 is 0 Å². The largest absolute Gasteiger partial charge is 0.309 e. The van der Waals surface area contributed by atoms with Crippen LogP contribution in [0.2, 0.25) is 0 Å². The van der Waals surface area contributed by atoms with Crippen molar-refractivity contribution in [3.63, 3.8) is 0 Å². The number of benzene rings is 2. The van der Waals surface area contributed by atoms with Crippen LogP contribution < -0.4 is 5.32 Å². The molecule has 0 radical (unpaired) electrons. The van der Waals surface area contributed by atoms with Crippen LogP contribution in [0.5, 0.6) is 0 Å². The second-order valence-corrected chi connectivity index (χ2v) is 6.06. The summed E-state index contributed by atoms with van der Waals surface area (Å²) in [4.78, 5) is 0. The van der Waals surface area contributed by atoms with Crippen molar-refractivity contribution in [3.05, 3.63) is 70.3 Å². The summed E-state index contributed by atoms with van der Waals surface area (Å²) in [5.41, 5.74) is 6.78. The summed E-state index contributed by atoms with van der Waals surface area (Å²) < 4.78 is 0. The quantitative estimate of drug-likeness (QED) is 0.801. The topological polar surface area (TPSA) is 12.0 Å². The molecule has 0 fully saturated rings. The van der Waals surface area contributed by atoms with Gasteiger partial charge in [-0.15, -0.1) is 0 Å². The lowest BCUT2D eigenvalue weighted by Crippen LogP contribution is -2.18. The molecule has 21 heavy (non-hydrogen) atoms. The van der Waals surface area contributed by atoms with E-state index in [1.54, 1.807) is 0 Å². The van der Waals surface area contributed by atoms with E-state index in [2.05, 4.69) is 75.5 Å². The van der Waals surface area contributed by atoms with Crippen LogP contribution in [-0.2, 0) is 0 Å². The van der Waals surface area contributed by atoms with Crippen LogP contribution in [0.4, 0.5) is 0 Å². The van der Waals surface area contributed by atoms with Gasteiger partial charge in [-0.1, -0.05) is 61.9 Å². The number of aryl methyl sites for hydroxylation is 2. The van der Waals surface area contributed by atoms with Gasteiger partial charge in [-0.05, 0) is 55.5 Å². The number of rotatable bonds is 5. The first-order chi connectivity index (χ1) is 10.1. The smallest absolute Gasteiger partial charge is 0.0576 e. The minimum absolute atomic E-state index is 0.261. The average Bonchev–Trinajstić information content (AvgIpc) is 2.50. The van der Waals surface area contributed by atoms with Crippen molar-refractivity contribution in [1.82, 2.24) is 5.32 Å². The highest BCUT2D eigenvalue weighted by Gasteiger charge is 2.14. The van der Waals surface area contributed by atoms with E-state index in [4.69, 9.17) is 0 Å². The van der Waals surface area contributed by atoms with Crippen LogP contribution in [0, 0.1) is 13.8 Å². The lowest BCUT2D eigenvalue weighted by atomic mass is 9.91. The van der Waals surface area contributed by atoms with Crippen molar-refractivity contribution in [1.29, 1.82) is 0 Å². The molecule has 2 aromatic rings. The van der Waals surface area contributed by atoms with Gasteiger partial charge in [0.2, 0.25) is 0 Å². The Morgan fingerprint density at radius 2 is 1.57 bits per heavy atom. The zero-order valence-corrected chi connectivity index (χ0v) is 13.9. The summed E-state index contributed by atoms with van der Waals surface area (Å²) in [6.45, 7) is 8.87. The van der Waals surface area contributed by atoms with Crippen molar-refractivity contribution in [2.24, 2.45) is 0 Å². The van der Waals surface area contributed by atoms with Crippen LogP contribution in [0.15, 0.2) is 42.5 Å². The summed E-state index contributed by atoms with van der Waals surface area (Å²) in [5.74, 6) is 0.633. The van der Waals surface area contributed by atoms with E-state index in [1.165, 1.54) is 34.2 Å². The maximum absolute atomic E-state index is 3.46. The van der Waals surface area contributed by atoms with Gasteiger partial charge in [0.1, 0.15) is 0 Å². The Morgan fingerprint density at radius 1 is 0.952 bits per heavy atom. The van der Waals surface area contributed by atoms with E-state index in [9.17, 15) is 0 Å². The number of hydrogen-bond acceptors (Lipinski definition) is 1. The van der Waals surface area contributed by atoms with Gasteiger partial charge in [-0.3, -0.25) is 0 Å². The highest BCUT2D eigenvalue weighted by Crippen LogP contribution is 2.27. The van der Waals surface area contributed by atoms with Gasteiger partial charge >= 0.3 is 0 Å². The van der Waals surface area contributed by atoms with E-state index in [1.807, 2.05) is 7.05 Å². The normalized spacial score (nSPS) is 14.0. The summed E-state index contributed by atoms with van der Waals surface area (Å²) in [7, 11) is 2.03. The van der Waals surface area contributed by atoms with E-state index < -0.39 is 0 Å². The molecule has 2 rings (SSSR count). The van der Waals surface area contributed by atoms with Gasteiger partial charge in [0.05, 0.1) is 6.04 Å². The number of hydrogen-bond donors (Lipinski definition) is 1. The molecule has 2 atom stereocenters. The lowest BCUT2D eigenvalue weighted by molar-refractivity contribution is 0.684. The Labute approximate surface area is 129 Å². The molecular formula is C20H27N. The third-order valence-corrected chi connectivity index (χ3v) is 4.48. The molecule has 1 N–H and O–H groups in total. The molecule has 2 unspecified atom stereocenters. The zero-order chi connectivity index (χ0) is 15.4. The van der Waals surface area contributed by atoms with Crippen molar-refractivity contribution < 1.29 is 0 Å². The Bertz CT molecular complexity index is 583. The van der Waals surface area contributed by atoms with Gasteiger partial charge in [-0.25, -0.2) is 0 Å². The van der Waals surface area contributed by atoms with Crippen molar-refractivity contribution in [3.8, 4) is 0 Å². The molecule has 0 amide bonds. The zero-order valence-electron chi connectivity index (χ0n) is 13.9. The molecule has 0 aliphatic heterocycles. The van der Waals surface area contributed by atoms with Gasteiger partial charge in [0.15, 0.2) is 0 Å². The predicted molar refractivity (Wildman–Crippen MR) is 92.0 cm³/mol. The first-order valence-electron chi connectivity index (χ1n) is 7.91. The van der Waals surface area contributed by atoms with Gasteiger partial charge < -0.3 is 5.32 Å². The fourth-order valence-corrected chi connectivity index (χ4v) is 2.90. The van der Waals surface area contributed by atoms with E-state index in [0.29, 0.717) is 5.92 Å². The Morgan fingerprint density at radius 3 is 2.10 bits per heavy atom. The SMILES string of the molecule is CCC(C)c1ccc(C(NC)c2ccc(C)cc2C)cc1. The molecule has 0 heterocycles. The van der Waals surface area contributed by atoms with Gasteiger partial charge in [-0.2, -0.15) is 0 Å². The van der Waals surface area contributed by atoms with Crippen molar-refractivity contribution in [2.75, 3.05) is 7.05 Å². The molecular weight excluding hydrogens is 254 g/mol. The highest BCUT2D eigenvalue weighted by molar-refractivity contribution is 5.39. The molecule has 0 saturated heterocycles. The molecule has 0 saturated carbocycles. The minimum Gasteiger partial charge on any atom is -0.309 e. The highest BCUT2D eigenvalue weighted by atomic mass is 14.9. The first-order valence-corrected chi connectivity index (χ1v) is 7.91. The molecule has 0 aromatic heterocycles. The Kier molecular flexibility index (Phi) is 5.19. The maximum atomic E-state index is 3.46. The number of nitrogens with one attached hydrogen (secondary N) is 1. The molecule has 0 aliphatic rings. The Hall–Kier alpha value is -1.60. The first kappa shape index (κ1) is 15.8. The maximum Gasteiger partial charge on any atom is 0.0576 e. The monoisotopic (exact) mass is 281 g/mol. The van der Waals surface area contributed by atoms with Crippen LogP contribution in [-0.4, -0.2) is 7.05 Å². The second kappa shape index (κ2) is 6.91. The van der Waals surface area contributed by atoms with E-state index in [0.717, 1.165) is 0 Å². The predicted octanol–water partition coefficient (Wildman–Crippen LogP) is 5.13. The van der Waals surface area contributed by atoms with Gasteiger partial charge in [0, 0.05) is 0 Å². The summed E-state index contributed by atoms with van der Waals surface area (Å²) >= 11 is 0. The lowest BCUT2D eigenvalue weighted by Gasteiger charge is -2.21. The van der Waals surface area contributed by atoms with Crippen molar-refractivity contribution >= 4 is 0 Å². The molecule has 0 bridgehead atoms. The Balaban J connectivity index is 2.33. The van der Waals surface area contributed by atoms with E-state index >= 15 is 0 Å². The molecule has 0 aliphatic carbocycles. The van der Waals surface area contributed by atoms with Crippen LogP contribution in [0.1, 0.15) is 60.0 Å². The molecule has 112 valence electrons. The summed E-state index contributed by atoms with van der Waals surface area (Å²) in [6.07, 6.45) is 1.19. The van der Waals surface area contributed by atoms with Crippen LogP contribution in [0.3, 0.4) is 0 Å². The second-order valence-electron chi connectivity index (χ2n) is 6.06. The molecule has 1 heteroatoms. The minimum atomic E-state index is 0.261. The van der Waals surface area contributed by atoms with Gasteiger partial charge in [0.25, 0.3) is 0 Å². The molecule has 2 aromatic carbocycles. The fraction of sp³-hybridized carbons (Fsp3) is 0.400. The molecule has 1 nitrogen and oxygen atoms in total.